The van der Waals surface area contributed by atoms with Crippen LogP contribution in [0.1, 0.15) is 25.7 Å². The van der Waals surface area contributed by atoms with Gasteiger partial charge in [-0.2, -0.15) is 0 Å². The maximum atomic E-state index is 13.2. The van der Waals surface area contributed by atoms with Crippen LogP contribution in [0, 0.1) is 0 Å². The number of nitrogens with zero attached hydrogens (tertiary/aromatic N) is 3. The fourth-order valence-electron chi connectivity index (χ4n) is 3.84. The van der Waals surface area contributed by atoms with Gasteiger partial charge in [0.2, 0.25) is 11.8 Å². The van der Waals surface area contributed by atoms with Crippen molar-refractivity contribution in [3.8, 4) is 0 Å². The lowest BCUT2D eigenvalue weighted by atomic mass is 10.1. The van der Waals surface area contributed by atoms with Gasteiger partial charge < -0.3 is 10.2 Å². The summed E-state index contributed by atoms with van der Waals surface area (Å²) >= 11 is 7.28. The van der Waals surface area contributed by atoms with Crippen molar-refractivity contribution in [1.82, 2.24) is 14.5 Å². The van der Waals surface area contributed by atoms with E-state index >= 15 is 0 Å². The van der Waals surface area contributed by atoms with Crippen molar-refractivity contribution in [1.29, 1.82) is 0 Å². The highest BCUT2D eigenvalue weighted by atomic mass is 35.5. The Morgan fingerprint density at radius 1 is 1.03 bits per heavy atom. The molecule has 0 atom stereocenters. The number of fused-ring (bicyclic) bond motifs is 1. The average molecular weight is 485 g/mol. The number of carbonyl (C=O) groups excluding carboxylic acids is 2. The minimum absolute atomic E-state index is 0.0437. The smallest absolute Gasteiger partial charge is 0.262 e. The van der Waals surface area contributed by atoms with Crippen LogP contribution in [0.4, 0.5) is 5.69 Å². The fourth-order valence-corrected chi connectivity index (χ4v) is 4.85. The second kappa shape index (κ2) is 10.9. The molecule has 172 valence electrons. The lowest BCUT2D eigenvalue weighted by molar-refractivity contribution is -0.132. The minimum Gasteiger partial charge on any atom is -0.343 e. The quantitative estimate of drug-likeness (QED) is 0.401. The number of halogens is 1. The number of amides is 2. The van der Waals surface area contributed by atoms with Crippen molar-refractivity contribution in [3.63, 3.8) is 0 Å². The van der Waals surface area contributed by atoms with Gasteiger partial charge in [0.05, 0.1) is 27.4 Å². The van der Waals surface area contributed by atoms with E-state index in [0.717, 1.165) is 32.4 Å². The van der Waals surface area contributed by atoms with E-state index in [4.69, 9.17) is 11.6 Å². The Morgan fingerprint density at radius 2 is 1.76 bits per heavy atom. The van der Waals surface area contributed by atoms with Gasteiger partial charge in [0.1, 0.15) is 0 Å². The summed E-state index contributed by atoms with van der Waals surface area (Å²) in [6, 6.07) is 14.1. The van der Waals surface area contributed by atoms with Gasteiger partial charge in [0.15, 0.2) is 5.16 Å². The van der Waals surface area contributed by atoms with Crippen LogP contribution in [0.15, 0.2) is 58.5 Å². The zero-order valence-electron chi connectivity index (χ0n) is 18.1. The van der Waals surface area contributed by atoms with Crippen LogP contribution in [0.3, 0.4) is 0 Å². The third-order valence-corrected chi connectivity index (χ3v) is 6.87. The maximum Gasteiger partial charge on any atom is 0.262 e. The molecule has 2 aromatic carbocycles. The molecular formula is C24H25ClN4O3S. The number of likely N-dealkylation sites (tertiary alicyclic amines) is 1. The first kappa shape index (κ1) is 23.3. The molecule has 1 N–H and O–H groups in total. The number of benzene rings is 2. The maximum absolute atomic E-state index is 13.2. The summed E-state index contributed by atoms with van der Waals surface area (Å²) < 4.78 is 1.51. The third-order valence-electron chi connectivity index (χ3n) is 5.56. The molecule has 4 rings (SSSR count). The summed E-state index contributed by atoms with van der Waals surface area (Å²) in [6.45, 7) is 1.77. The molecule has 0 bridgehead atoms. The monoisotopic (exact) mass is 484 g/mol. The second-order valence-corrected chi connectivity index (χ2v) is 9.23. The number of nitrogens with one attached hydrogen (secondary N) is 1. The number of thioether (sulfide) groups is 1. The Bertz CT molecular complexity index is 1220. The molecule has 2 amide bonds. The number of aromatic nitrogens is 2. The Balaban J connectivity index is 1.51. The summed E-state index contributed by atoms with van der Waals surface area (Å²) in [5.74, 6) is -0.163. The Labute approximate surface area is 201 Å². The van der Waals surface area contributed by atoms with E-state index in [2.05, 4.69) is 10.3 Å². The molecule has 9 heteroatoms. The Hall–Kier alpha value is -2.84. The summed E-state index contributed by atoms with van der Waals surface area (Å²) in [5.41, 5.74) is 0.886. The second-order valence-electron chi connectivity index (χ2n) is 7.88. The van der Waals surface area contributed by atoms with Gasteiger partial charge >= 0.3 is 0 Å². The molecule has 1 aliphatic heterocycles. The number of piperidine rings is 1. The van der Waals surface area contributed by atoms with Gasteiger partial charge in [-0.25, -0.2) is 4.98 Å². The highest BCUT2D eigenvalue weighted by Gasteiger charge is 2.19. The average Bonchev–Trinajstić information content (AvgIpc) is 2.84. The van der Waals surface area contributed by atoms with Crippen LogP contribution < -0.4 is 10.9 Å². The van der Waals surface area contributed by atoms with Crippen LogP contribution >= 0.6 is 23.4 Å². The molecule has 7 nitrogen and oxygen atoms in total. The number of hydrogen-bond donors (Lipinski definition) is 1. The number of hydrogen-bond acceptors (Lipinski definition) is 5. The third kappa shape index (κ3) is 5.75. The highest BCUT2D eigenvalue weighted by molar-refractivity contribution is 7.99. The molecule has 0 unspecified atom stereocenters. The van der Waals surface area contributed by atoms with Crippen LogP contribution in [0.2, 0.25) is 5.02 Å². The topological polar surface area (TPSA) is 84.3 Å². The van der Waals surface area contributed by atoms with Crippen LogP contribution in [0.5, 0.6) is 0 Å². The predicted molar refractivity (Wildman–Crippen MR) is 132 cm³/mol. The molecule has 33 heavy (non-hydrogen) atoms. The highest BCUT2D eigenvalue weighted by Crippen LogP contribution is 2.22. The van der Waals surface area contributed by atoms with Gasteiger partial charge in [-0.15, -0.1) is 0 Å². The zero-order valence-corrected chi connectivity index (χ0v) is 19.7. The molecule has 1 aliphatic rings. The Morgan fingerprint density at radius 3 is 2.55 bits per heavy atom. The van der Waals surface area contributed by atoms with E-state index in [1.54, 1.807) is 42.5 Å². The number of rotatable bonds is 7. The summed E-state index contributed by atoms with van der Waals surface area (Å²) in [6.07, 6.45) is 3.41. The first-order valence-corrected chi connectivity index (χ1v) is 12.3. The van der Waals surface area contributed by atoms with Crippen LogP contribution in [-0.4, -0.2) is 45.1 Å². The lowest BCUT2D eigenvalue weighted by Crippen LogP contribution is -2.36. The number of para-hydroxylation sites is 2. The van der Waals surface area contributed by atoms with Crippen molar-refractivity contribution in [2.45, 2.75) is 37.4 Å². The van der Waals surface area contributed by atoms with Crippen LogP contribution in [0.25, 0.3) is 10.9 Å². The normalized spacial score (nSPS) is 13.8. The molecule has 1 aromatic heterocycles. The van der Waals surface area contributed by atoms with Gasteiger partial charge in [-0.05, 0) is 43.5 Å². The molecule has 1 fully saturated rings. The Kier molecular flexibility index (Phi) is 7.67. The predicted octanol–water partition coefficient (Wildman–Crippen LogP) is 4.18. The molecule has 0 radical (unpaired) electrons. The van der Waals surface area contributed by atoms with Crippen molar-refractivity contribution >= 4 is 51.8 Å². The first-order chi connectivity index (χ1) is 16.0. The van der Waals surface area contributed by atoms with Crippen molar-refractivity contribution in [3.05, 3.63) is 63.9 Å². The minimum atomic E-state index is -0.258. The first-order valence-electron chi connectivity index (χ1n) is 11.0. The molecule has 1 saturated heterocycles. The number of anilines is 1. The summed E-state index contributed by atoms with van der Waals surface area (Å²) in [4.78, 5) is 44.8. The largest absolute Gasteiger partial charge is 0.343 e. The van der Waals surface area contributed by atoms with E-state index in [1.165, 1.54) is 16.3 Å². The molecule has 2 heterocycles. The van der Waals surface area contributed by atoms with Crippen LogP contribution in [-0.2, 0) is 16.1 Å². The van der Waals surface area contributed by atoms with E-state index in [9.17, 15) is 14.4 Å². The van der Waals surface area contributed by atoms with E-state index in [0.29, 0.717) is 26.8 Å². The van der Waals surface area contributed by atoms with E-state index < -0.39 is 0 Å². The van der Waals surface area contributed by atoms with E-state index in [1.807, 2.05) is 11.0 Å². The molecule has 0 saturated carbocycles. The van der Waals surface area contributed by atoms with Crippen molar-refractivity contribution < 1.29 is 9.59 Å². The van der Waals surface area contributed by atoms with E-state index in [-0.39, 0.29) is 36.1 Å². The van der Waals surface area contributed by atoms with Gasteiger partial charge in [0.25, 0.3) is 5.56 Å². The standard InChI is InChI=1S/C24H25ClN4O3S/c25-18-9-3-5-11-20(18)26-21(30)16-33-24-27-19-10-4-2-8-17(19)23(32)29(24)15-12-22(31)28-13-6-1-7-14-28/h2-5,8-11H,1,6-7,12-16H2,(H,26,30). The van der Waals surface area contributed by atoms with Gasteiger partial charge in [-0.3, -0.25) is 19.0 Å². The van der Waals surface area contributed by atoms with Gasteiger partial charge in [-0.1, -0.05) is 47.6 Å². The van der Waals surface area contributed by atoms with Crippen molar-refractivity contribution in [2.75, 3.05) is 24.2 Å². The van der Waals surface area contributed by atoms with Crippen molar-refractivity contribution in [2.24, 2.45) is 0 Å². The zero-order chi connectivity index (χ0) is 23.2. The molecule has 0 spiro atoms. The number of carbonyl (C=O) groups is 2. The summed E-state index contributed by atoms with van der Waals surface area (Å²) in [7, 11) is 0. The SMILES string of the molecule is O=C(CSc1nc2ccccc2c(=O)n1CCC(=O)N1CCCCC1)Nc1ccccc1Cl. The molecular weight excluding hydrogens is 460 g/mol. The molecule has 3 aromatic rings. The fraction of sp³-hybridized carbons (Fsp3) is 0.333. The lowest BCUT2D eigenvalue weighted by Gasteiger charge is -2.27. The summed E-state index contributed by atoms with van der Waals surface area (Å²) in [5, 5.41) is 4.14. The van der Waals surface area contributed by atoms with Gasteiger partial charge in [0, 0.05) is 26.1 Å². The molecule has 0 aliphatic carbocycles.